The van der Waals surface area contributed by atoms with E-state index in [1.807, 2.05) is 19.9 Å². The maximum atomic E-state index is 12.3. The van der Waals surface area contributed by atoms with E-state index in [1.54, 1.807) is 25.2 Å². The van der Waals surface area contributed by atoms with Crippen molar-refractivity contribution in [2.75, 3.05) is 31.8 Å². The Morgan fingerprint density at radius 3 is 2.52 bits per heavy atom. The number of hydrogen-bond acceptors (Lipinski definition) is 6. The van der Waals surface area contributed by atoms with Gasteiger partial charge >= 0.3 is 0 Å². The van der Waals surface area contributed by atoms with E-state index in [0.29, 0.717) is 21.6 Å². The van der Waals surface area contributed by atoms with Crippen LogP contribution in [0.15, 0.2) is 29.4 Å². The first kappa shape index (κ1) is 21.0. The molecule has 0 atom stereocenters. The minimum Gasteiger partial charge on any atom is -0.495 e. The Morgan fingerprint density at radius 1 is 1.22 bits per heavy atom. The molecule has 1 aromatic carbocycles. The first-order chi connectivity index (χ1) is 12.8. The van der Waals surface area contributed by atoms with E-state index in [9.17, 15) is 9.59 Å². The van der Waals surface area contributed by atoms with Crippen molar-refractivity contribution in [3.05, 3.63) is 40.7 Å². The predicted octanol–water partition coefficient (Wildman–Crippen LogP) is 2.94. The zero-order valence-electron chi connectivity index (χ0n) is 15.6. The molecule has 7 nitrogen and oxygen atoms in total. The quantitative estimate of drug-likeness (QED) is 0.560. The van der Waals surface area contributed by atoms with Gasteiger partial charge in [0.05, 0.1) is 25.1 Å². The molecule has 0 saturated heterocycles. The van der Waals surface area contributed by atoms with Gasteiger partial charge in [0.15, 0.2) is 5.16 Å². The summed E-state index contributed by atoms with van der Waals surface area (Å²) in [6, 6.07) is 6.78. The predicted molar refractivity (Wildman–Crippen MR) is 107 cm³/mol. The number of amides is 2. The fourth-order valence-electron chi connectivity index (χ4n) is 2.27. The summed E-state index contributed by atoms with van der Waals surface area (Å²) >= 11 is 7.19. The highest BCUT2D eigenvalue weighted by molar-refractivity contribution is 7.99. The number of carbonyl (C=O) groups is 2. The number of carbonyl (C=O) groups excluding carboxylic acids is 2. The first-order valence-electron chi connectivity index (χ1n) is 8.11. The molecule has 0 aliphatic heterocycles. The number of hydrogen-bond donors (Lipinski definition) is 1. The van der Waals surface area contributed by atoms with E-state index in [4.69, 9.17) is 16.3 Å². The third-order valence-electron chi connectivity index (χ3n) is 3.53. The highest BCUT2D eigenvalue weighted by atomic mass is 35.5. The summed E-state index contributed by atoms with van der Waals surface area (Å²) in [6.45, 7) is 3.66. The fraction of sp³-hybridized carbons (Fsp3) is 0.333. The van der Waals surface area contributed by atoms with Crippen molar-refractivity contribution >= 4 is 40.9 Å². The lowest BCUT2D eigenvalue weighted by molar-refractivity contribution is -0.131. The van der Waals surface area contributed by atoms with E-state index in [-0.39, 0.29) is 24.1 Å². The van der Waals surface area contributed by atoms with E-state index in [2.05, 4.69) is 15.3 Å². The van der Waals surface area contributed by atoms with Crippen molar-refractivity contribution in [1.29, 1.82) is 0 Å². The Labute approximate surface area is 167 Å². The molecule has 2 amide bonds. The molecule has 0 unspecified atom stereocenters. The molecule has 0 spiro atoms. The zero-order valence-corrected chi connectivity index (χ0v) is 17.1. The van der Waals surface area contributed by atoms with Gasteiger partial charge < -0.3 is 15.0 Å². The van der Waals surface area contributed by atoms with Gasteiger partial charge in [-0.2, -0.15) is 0 Å². The Bertz CT molecular complexity index is 827. The van der Waals surface area contributed by atoms with E-state index in [0.717, 1.165) is 11.4 Å². The molecule has 1 N–H and O–H groups in total. The van der Waals surface area contributed by atoms with Crippen LogP contribution in [0, 0.1) is 13.8 Å². The van der Waals surface area contributed by atoms with Crippen LogP contribution in [0.2, 0.25) is 5.02 Å². The Kier molecular flexibility index (Phi) is 7.44. The van der Waals surface area contributed by atoms with Gasteiger partial charge in [-0.15, -0.1) is 0 Å². The Morgan fingerprint density at radius 2 is 1.89 bits per heavy atom. The van der Waals surface area contributed by atoms with Crippen molar-refractivity contribution in [2.45, 2.75) is 19.0 Å². The van der Waals surface area contributed by atoms with Gasteiger partial charge in [0, 0.05) is 23.5 Å². The first-order valence-corrected chi connectivity index (χ1v) is 9.47. The lowest BCUT2D eigenvalue weighted by Gasteiger charge is -2.17. The van der Waals surface area contributed by atoms with Crippen LogP contribution in [0.25, 0.3) is 0 Å². The monoisotopic (exact) mass is 408 g/mol. The molecule has 27 heavy (non-hydrogen) atoms. The van der Waals surface area contributed by atoms with Crippen LogP contribution in [0.1, 0.15) is 11.4 Å². The van der Waals surface area contributed by atoms with Crippen LogP contribution in [0.4, 0.5) is 5.69 Å². The molecular weight excluding hydrogens is 388 g/mol. The fourth-order valence-corrected chi connectivity index (χ4v) is 3.33. The van der Waals surface area contributed by atoms with Crippen molar-refractivity contribution in [2.24, 2.45) is 0 Å². The smallest absolute Gasteiger partial charge is 0.244 e. The lowest BCUT2D eigenvalue weighted by atomic mass is 10.3. The SMILES string of the molecule is COc1ccc(Cl)cc1NC(=O)CN(C)C(=O)CSc1nc(C)cc(C)n1. The minimum atomic E-state index is -0.348. The number of methoxy groups -OCH3 is 1. The third kappa shape index (κ3) is 6.41. The second-order valence-electron chi connectivity index (χ2n) is 5.86. The second kappa shape index (κ2) is 9.57. The Balaban J connectivity index is 1.90. The number of thioether (sulfide) groups is 1. The summed E-state index contributed by atoms with van der Waals surface area (Å²) in [5, 5.41) is 3.72. The average molecular weight is 409 g/mol. The number of aryl methyl sites for hydroxylation is 2. The maximum Gasteiger partial charge on any atom is 0.244 e. The van der Waals surface area contributed by atoms with Crippen molar-refractivity contribution in [3.63, 3.8) is 0 Å². The number of ether oxygens (including phenoxy) is 1. The molecule has 0 fully saturated rings. The minimum absolute atomic E-state index is 0.0945. The number of likely N-dealkylation sites (N-methyl/N-ethyl adjacent to an activating group) is 1. The summed E-state index contributed by atoms with van der Waals surface area (Å²) < 4.78 is 5.19. The molecule has 0 bridgehead atoms. The Hall–Kier alpha value is -2.32. The molecule has 0 saturated carbocycles. The van der Waals surface area contributed by atoms with E-state index in [1.165, 1.54) is 23.8 Å². The number of anilines is 1. The van der Waals surface area contributed by atoms with E-state index < -0.39 is 0 Å². The molecule has 0 aliphatic carbocycles. The van der Waals surface area contributed by atoms with Crippen LogP contribution in [0.3, 0.4) is 0 Å². The van der Waals surface area contributed by atoms with Crippen molar-refractivity contribution in [3.8, 4) is 5.75 Å². The van der Waals surface area contributed by atoms with Gasteiger partial charge in [-0.05, 0) is 38.1 Å². The number of nitrogens with one attached hydrogen (secondary N) is 1. The van der Waals surface area contributed by atoms with Gasteiger partial charge in [-0.25, -0.2) is 9.97 Å². The lowest BCUT2D eigenvalue weighted by Crippen LogP contribution is -2.36. The van der Waals surface area contributed by atoms with Crippen LogP contribution in [-0.4, -0.2) is 53.1 Å². The van der Waals surface area contributed by atoms with Crippen LogP contribution < -0.4 is 10.1 Å². The van der Waals surface area contributed by atoms with Crippen LogP contribution in [0.5, 0.6) is 5.75 Å². The molecule has 144 valence electrons. The highest BCUT2D eigenvalue weighted by Crippen LogP contribution is 2.27. The molecule has 2 rings (SSSR count). The average Bonchev–Trinajstić information content (AvgIpc) is 2.59. The molecule has 2 aromatic rings. The molecular formula is C18H21ClN4O3S. The summed E-state index contributed by atoms with van der Waals surface area (Å²) in [6.07, 6.45) is 0. The maximum absolute atomic E-state index is 12.3. The standard InChI is InChI=1S/C18H21ClN4O3S/c1-11-7-12(2)21-18(20-11)27-10-17(25)23(3)9-16(24)22-14-8-13(19)5-6-15(14)26-4/h5-8H,9-10H2,1-4H3,(H,22,24). The zero-order chi connectivity index (χ0) is 20.0. The number of aromatic nitrogens is 2. The number of nitrogens with zero attached hydrogens (tertiary/aromatic N) is 3. The van der Waals surface area contributed by atoms with Gasteiger partial charge in [0.2, 0.25) is 11.8 Å². The summed E-state index contributed by atoms with van der Waals surface area (Å²) in [5.41, 5.74) is 2.15. The molecule has 0 aliphatic rings. The van der Waals surface area contributed by atoms with Crippen molar-refractivity contribution < 1.29 is 14.3 Å². The number of halogens is 1. The summed E-state index contributed by atoms with van der Waals surface area (Å²) in [7, 11) is 3.07. The van der Waals surface area contributed by atoms with Gasteiger partial charge in [0.1, 0.15) is 5.75 Å². The highest BCUT2D eigenvalue weighted by Gasteiger charge is 2.16. The molecule has 9 heteroatoms. The summed E-state index contributed by atoms with van der Waals surface area (Å²) in [4.78, 5) is 34.4. The van der Waals surface area contributed by atoms with Gasteiger partial charge in [-0.3, -0.25) is 9.59 Å². The number of benzene rings is 1. The van der Waals surface area contributed by atoms with Gasteiger partial charge in [-0.1, -0.05) is 23.4 Å². The topological polar surface area (TPSA) is 84.4 Å². The summed E-state index contributed by atoms with van der Waals surface area (Å²) in [5.74, 6) is 0.0898. The normalized spacial score (nSPS) is 10.4. The van der Waals surface area contributed by atoms with Gasteiger partial charge in [0.25, 0.3) is 0 Å². The molecule has 1 heterocycles. The second-order valence-corrected chi connectivity index (χ2v) is 7.24. The van der Waals surface area contributed by atoms with Crippen molar-refractivity contribution in [1.82, 2.24) is 14.9 Å². The van der Waals surface area contributed by atoms with Crippen LogP contribution >= 0.6 is 23.4 Å². The number of rotatable bonds is 7. The van der Waals surface area contributed by atoms with E-state index >= 15 is 0 Å². The third-order valence-corrected chi connectivity index (χ3v) is 4.60. The molecule has 1 aromatic heterocycles. The van der Waals surface area contributed by atoms with Crippen LogP contribution in [-0.2, 0) is 9.59 Å². The molecule has 0 radical (unpaired) electrons. The largest absolute Gasteiger partial charge is 0.495 e.